The van der Waals surface area contributed by atoms with Gasteiger partial charge in [0.2, 0.25) is 5.91 Å². The van der Waals surface area contributed by atoms with Crippen molar-refractivity contribution in [2.45, 2.75) is 39.3 Å². The summed E-state index contributed by atoms with van der Waals surface area (Å²) in [5, 5.41) is 2.92. The standard InChI is InChI=1S/C18H29N3O4S/c1-14(2)25-17-9-5-7-15(11-17)12-19-18(22)16-8-6-10-21(13-16)26(23,24)20(3)4/h5,7,9,11,14,16H,6,8,10,12-13H2,1-4H3,(H,19,22). The first-order valence-electron chi connectivity index (χ1n) is 8.91. The highest BCUT2D eigenvalue weighted by molar-refractivity contribution is 7.86. The molecule has 7 nitrogen and oxygen atoms in total. The summed E-state index contributed by atoms with van der Waals surface area (Å²) in [5.74, 6) is 0.333. The summed E-state index contributed by atoms with van der Waals surface area (Å²) in [4.78, 5) is 12.5. The summed E-state index contributed by atoms with van der Waals surface area (Å²) in [6, 6.07) is 7.61. The van der Waals surface area contributed by atoms with E-state index < -0.39 is 10.2 Å². The van der Waals surface area contributed by atoms with Crippen molar-refractivity contribution >= 4 is 16.1 Å². The lowest BCUT2D eigenvalue weighted by molar-refractivity contribution is -0.126. The van der Waals surface area contributed by atoms with Crippen molar-refractivity contribution in [2.24, 2.45) is 5.92 Å². The van der Waals surface area contributed by atoms with Crippen LogP contribution in [0.15, 0.2) is 24.3 Å². The molecule has 1 atom stereocenters. The summed E-state index contributed by atoms with van der Waals surface area (Å²) < 4.78 is 32.8. The largest absolute Gasteiger partial charge is 0.491 e. The Morgan fingerprint density at radius 3 is 2.77 bits per heavy atom. The molecule has 1 saturated heterocycles. The molecule has 0 bridgehead atoms. The van der Waals surface area contributed by atoms with Crippen LogP contribution in [0, 0.1) is 5.92 Å². The van der Waals surface area contributed by atoms with Gasteiger partial charge in [-0.15, -0.1) is 0 Å². The molecule has 1 aliphatic heterocycles. The topological polar surface area (TPSA) is 79.0 Å². The average molecular weight is 384 g/mol. The Morgan fingerprint density at radius 1 is 1.38 bits per heavy atom. The van der Waals surface area contributed by atoms with Crippen molar-refractivity contribution in [3.05, 3.63) is 29.8 Å². The molecule has 1 heterocycles. The van der Waals surface area contributed by atoms with Crippen molar-refractivity contribution in [1.29, 1.82) is 0 Å². The van der Waals surface area contributed by atoms with Crippen LogP contribution in [0.3, 0.4) is 0 Å². The molecule has 1 aromatic carbocycles. The molecule has 2 rings (SSSR count). The molecule has 0 aromatic heterocycles. The van der Waals surface area contributed by atoms with E-state index in [1.54, 1.807) is 0 Å². The van der Waals surface area contributed by atoms with Crippen LogP contribution in [0.4, 0.5) is 0 Å². The highest BCUT2D eigenvalue weighted by atomic mass is 32.2. The number of nitrogens with zero attached hydrogens (tertiary/aromatic N) is 2. The number of hydrogen-bond donors (Lipinski definition) is 1. The Hall–Kier alpha value is -1.64. The molecular formula is C18H29N3O4S. The fraction of sp³-hybridized carbons (Fsp3) is 0.611. The smallest absolute Gasteiger partial charge is 0.281 e. The molecule has 8 heteroatoms. The van der Waals surface area contributed by atoms with E-state index in [2.05, 4.69) is 5.32 Å². The average Bonchev–Trinajstić information content (AvgIpc) is 2.59. The maximum absolute atomic E-state index is 12.5. The van der Waals surface area contributed by atoms with Crippen LogP contribution in [-0.4, -0.2) is 56.2 Å². The number of rotatable bonds is 7. The number of carbonyl (C=O) groups is 1. The van der Waals surface area contributed by atoms with Crippen LogP contribution >= 0.6 is 0 Å². The lowest BCUT2D eigenvalue weighted by Gasteiger charge is -2.32. The van der Waals surface area contributed by atoms with Crippen molar-refractivity contribution in [3.8, 4) is 5.75 Å². The minimum absolute atomic E-state index is 0.0895. The first-order chi connectivity index (χ1) is 12.2. The van der Waals surface area contributed by atoms with E-state index in [0.29, 0.717) is 25.9 Å². The molecule has 1 unspecified atom stereocenters. The minimum atomic E-state index is -3.48. The summed E-state index contributed by atoms with van der Waals surface area (Å²) in [5.41, 5.74) is 0.949. The summed E-state index contributed by atoms with van der Waals surface area (Å²) in [6.07, 6.45) is 1.47. The molecule has 1 amide bonds. The molecule has 26 heavy (non-hydrogen) atoms. The van der Waals surface area contributed by atoms with E-state index in [0.717, 1.165) is 11.3 Å². The van der Waals surface area contributed by atoms with Crippen molar-refractivity contribution in [3.63, 3.8) is 0 Å². The van der Waals surface area contributed by atoms with Gasteiger partial charge in [-0.3, -0.25) is 4.79 Å². The second kappa shape index (κ2) is 8.83. The van der Waals surface area contributed by atoms with Crippen molar-refractivity contribution < 1.29 is 17.9 Å². The first-order valence-corrected chi connectivity index (χ1v) is 10.3. The van der Waals surface area contributed by atoms with Gasteiger partial charge >= 0.3 is 0 Å². The van der Waals surface area contributed by atoms with Gasteiger partial charge in [-0.25, -0.2) is 0 Å². The van der Waals surface area contributed by atoms with Crippen LogP contribution in [0.5, 0.6) is 5.75 Å². The summed E-state index contributed by atoms with van der Waals surface area (Å²) in [7, 11) is -0.470. The molecule has 1 fully saturated rings. The first kappa shape index (κ1) is 20.7. The lowest BCUT2D eigenvalue weighted by atomic mass is 9.99. The van der Waals surface area contributed by atoms with E-state index in [1.807, 2.05) is 38.1 Å². The normalized spacial score (nSPS) is 18.9. The van der Waals surface area contributed by atoms with Gasteiger partial charge in [-0.2, -0.15) is 17.0 Å². The number of amides is 1. The van der Waals surface area contributed by atoms with Gasteiger partial charge in [0.05, 0.1) is 12.0 Å². The molecule has 1 aliphatic rings. The van der Waals surface area contributed by atoms with Gasteiger partial charge in [0.1, 0.15) is 5.75 Å². The number of carbonyl (C=O) groups excluding carboxylic acids is 1. The highest BCUT2D eigenvalue weighted by Crippen LogP contribution is 2.21. The SMILES string of the molecule is CC(C)Oc1cccc(CNC(=O)C2CCCN(S(=O)(=O)N(C)C)C2)c1. The van der Waals surface area contributed by atoms with Crippen molar-refractivity contribution in [2.75, 3.05) is 27.2 Å². The molecule has 146 valence electrons. The predicted octanol–water partition coefficient (Wildman–Crippen LogP) is 1.61. The van der Waals surface area contributed by atoms with Gasteiger partial charge in [0.25, 0.3) is 10.2 Å². The zero-order valence-corrected chi connectivity index (χ0v) is 16.8. The Bertz CT molecular complexity index is 719. The van der Waals surface area contributed by atoms with E-state index in [-0.39, 0.29) is 24.5 Å². The van der Waals surface area contributed by atoms with Crippen LogP contribution < -0.4 is 10.1 Å². The lowest BCUT2D eigenvalue weighted by Crippen LogP contribution is -2.48. The maximum atomic E-state index is 12.5. The number of piperidine rings is 1. The molecule has 0 spiro atoms. The Balaban J connectivity index is 1.93. The summed E-state index contributed by atoms with van der Waals surface area (Å²) >= 11 is 0. The van der Waals surface area contributed by atoms with Crippen LogP contribution in [0.1, 0.15) is 32.3 Å². The third-order valence-corrected chi connectivity index (χ3v) is 6.19. The number of benzene rings is 1. The second-order valence-electron chi connectivity index (χ2n) is 7.02. The van der Waals surface area contributed by atoms with Crippen LogP contribution in [0.25, 0.3) is 0 Å². The van der Waals surface area contributed by atoms with Crippen molar-refractivity contribution in [1.82, 2.24) is 13.9 Å². The molecule has 0 saturated carbocycles. The Morgan fingerprint density at radius 2 is 2.12 bits per heavy atom. The number of ether oxygens (including phenoxy) is 1. The second-order valence-corrected chi connectivity index (χ2v) is 9.16. The van der Waals surface area contributed by atoms with Gasteiger partial charge in [0.15, 0.2) is 0 Å². The number of hydrogen-bond acceptors (Lipinski definition) is 4. The molecule has 0 radical (unpaired) electrons. The van der Waals surface area contributed by atoms with E-state index in [4.69, 9.17) is 4.74 Å². The van der Waals surface area contributed by atoms with E-state index in [9.17, 15) is 13.2 Å². The quantitative estimate of drug-likeness (QED) is 0.776. The third-order valence-electron chi connectivity index (χ3n) is 4.28. The Kier molecular flexibility index (Phi) is 7.02. The fourth-order valence-corrected chi connectivity index (χ4v) is 4.12. The molecule has 0 aliphatic carbocycles. The third kappa shape index (κ3) is 5.43. The highest BCUT2D eigenvalue weighted by Gasteiger charge is 2.33. The van der Waals surface area contributed by atoms with Gasteiger partial charge in [0, 0.05) is 33.7 Å². The van der Waals surface area contributed by atoms with E-state index in [1.165, 1.54) is 22.7 Å². The number of nitrogens with one attached hydrogen (secondary N) is 1. The van der Waals surface area contributed by atoms with Crippen LogP contribution in [0.2, 0.25) is 0 Å². The fourth-order valence-electron chi connectivity index (χ4n) is 2.93. The zero-order valence-electron chi connectivity index (χ0n) is 15.9. The monoisotopic (exact) mass is 383 g/mol. The van der Waals surface area contributed by atoms with Gasteiger partial charge in [-0.1, -0.05) is 12.1 Å². The Labute approximate surface area is 156 Å². The minimum Gasteiger partial charge on any atom is -0.491 e. The van der Waals surface area contributed by atoms with Gasteiger partial charge in [-0.05, 0) is 44.4 Å². The molecule has 1 aromatic rings. The molecule has 1 N–H and O–H groups in total. The molecular weight excluding hydrogens is 354 g/mol. The van der Waals surface area contributed by atoms with Crippen LogP contribution in [-0.2, 0) is 21.5 Å². The van der Waals surface area contributed by atoms with E-state index >= 15 is 0 Å². The summed E-state index contributed by atoms with van der Waals surface area (Å²) in [6.45, 7) is 5.00. The maximum Gasteiger partial charge on any atom is 0.281 e. The predicted molar refractivity (Wildman–Crippen MR) is 101 cm³/mol. The van der Waals surface area contributed by atoms with Gasteiger partial charge < -0.3 is 10.1 Å². The zero-order chi connectivity index (χ0) is 19.3.